The van der Waals surface area contributed by atoms with Crippen LogP contribution in [0.1, 0.15) is 6.92 Å². The van der Waals surface area contributed by atoms with Crippen LogP contribution >= 0.6 is 25.3 Å². The third-order valence-electron chi connectivity index (χ3n) is 4.36. The van der Waals surface area contributed by atoms with Crippen molar-refractivity contribution >= 4 is 25.3 Å². The summed E-state index contributed by atoms with van der Waals surface area (Å²) in [6, 6.07) is 0. The lowest BCUT2D eigenvalue weighted by atomic mass is 9.91. The quantitative estimate of drug-likeness (QED) is 0.276. The Hall–Kier alpha value is 0.380. The van der Waals surface area contributed by atoms with E-state index in [4.69, 9.17) is 14.2 Å². The average molecular weight is 372 g/mol. The predicted octanol–water partition coefficient (Wildman–Crippen LogP) is -2.25. The smallest absolute Gasteiger partial charge is 0.189 e. The Morgan fingerprint density at radius 3 is 1.74 bits per heavy atom. The highest BCUT2D eigenvalue weighted by Gasteiger charge is 2.48. The van der Waals surface area contributed by atoms with Crippen molar-refractivity contribution in [3.63, 3.8) is 0 Å². The van der Waals surface area contributed by atoms with Crippen LogP contribution in [0.2, 0.25) is 0 Å². The highest BCUT2D eigenvalue weighted by Crippen LogP contribution is 2.30. The zero-order chi connectivity index (χ0) is 17.3. The fourth-order valence-electron chi connectivity index (χ4n) is 2.70. The van der Waals surface area contributed by atoms with E-state index in [1.807, 2.05) is 0 Å². The fourth-order valence-corrected chi connectivity index (χ4v) is 3.42. The van der Waals surface area contributed by atoms with Gasteiger partial charge in [-0.15, -0.1) is 0 Å². The second-order valence-corrected chi connectivity index (χ2v) is 6.63. The molecule has 0 spiro atoms. The third-order valence-corrected chi connectivity index (χ3v) is 5.08. The minimum atomic E-state index is -1.54. The Morgan fingerprint density at radius 1 is 0.739 bits per heavy atom. The monoisotopic (exact) mass is 372 g/mol. The summed E-state index contributed by atoms with van der Waals surface area (Å²) >= 11 is 8.14. The molecule has 0 aromatic heterocycles. The van der Waals surface area contributed by atoms with Gasteiger partial charge in [-0.25, -0.2) is 0 Å². The van der Waals surface area contributed by atoms with Crippen LogP contribution in [-0.4, -0.2) is 92.3 Å². The van der Waals surface area contributed by atoms with Crippen molar-refractivity contribution in [2.24, 2.45) is 5.92 Å². The van der Waals surface area contributed by atoms with Gasteiger partial charge in [0, 0.05) is 17.4 Å². The molecule has 0 bridgehead atoms. The van der Waals surface area contributed by atoms with Gasteiger partial charge in [0.2, 0.25) is 0 Å². The molecule has 0 aromatic rings. The van der Waals surface area contributed by atoms with Gasteiger partial charge in [-0.05, 0) is 0 Å². The van der Waals surface area contributed by atoms with Crippen molar-refractivity contribution in [2.45, 2.75) is 62.2 Å². The summed E-state index contributed by atoms with van der Waals surface area (Å²) in [4.78, 5) is 0. The highest BCUT2D eigenvalue weighted by molar-refractivity contribution is 7.80. The summed E-state index contributed by atoms with van der Waals surface area (Å²) in [6.07, 6.45) is -10.7. The van der Waals surface area contributed by atoms with Gasteiger partial charge in [-0.2, -0.15) is 25.3 Å². The Kier molecular flexibility index (Phi) is 7.00. The van der Waals surface area contributed by atoms with Gasteiger partial charge in [-0.1, -0.05) is 6.92 Å². The van der Waals surface area contributed by atoms with Gasteiger partial charge in [0.05, 0.1) is 18.3 Å². The summed E-state index contributed by atoms with van der Waals surface area (Å²) in [7, 11) is 0. The van der Waals surface area contributed by atoms with Crippen LogP contribution < -0.4 is 0 Å². The minimum Gasteiger partial charge on any atom is -0.390 e. The number of rotatable bonds is 4. The molecule has 5 unspecified atom stereocenters. The van der Waals surface area contributed by atoms with E-state index in [9.17, 15) is 25.5 Å². The van der Waals surface area contributed by atoms with Crippen LogP contribution in [0.4, 0.5) is 0 Å². The first-order chi connectivity index (χ1) is 10.8. The minimum absolute atomic E-state index is 0.0950. The van der Waals surface area contributed by atoms with Crippen molar-refractivity contribution in [2.75, 3.05) is 11.5 Å². The van der Waals surface area contributed by atoms with Gasteiger partial charge in [-0.3, -0.25) is 0 Å². The van der Waals surface area contributed by atoms with E-state index in [0.717, 1.165) is 0 Å². The lowest BCUT2D eigenvalue weighted by molar-refractivity contribution is -0.366. The Bertz CT molecular complexity index is 351. The van der Waals surface area contributed by atoms with Gasteiger partial charge in [0.25, 0.3) is 0 Å². The first-order valence-corrected chi connectivity index (χ1v) is 8.66. The van der Waals surface area contributed by atoms with Crippen LogP contribution in [0, 0.1) is 5.92 Å². The summed E-state index contributed by atoms with van der Waals surface area (Å²) in [6.45, 7) is 1.72. The zero-order valence-corrected chi connectivity index (χ0v) is 14.3. The molecule has 0 saturated carbocycles. The molecule has 0 aliphatic carbocycles. The first kappa shape index (κ1) is 19.7. The topological polar surface area (TPSA) is 129 Å². The summed E-state index contributed by atoms with van der Waals surface area (Å²) < 4.78 is 16.3. The lowest BCUT2D eigenvalue weighted by Gasteiger charge is -2.45. The molecule has 10 atom stereocenters. The van der Waals surface area contributed by atoms with E-state index < -0.39 is 55.3 Å². The van der Waals surface area contributed by atoms with Crippen molar-refractivity contribution in [1.82, 2.24) is 0 Å². The third kappa shape index (κ3) is 3.97. The second-order valence-electron chi connectivity index (χ2n) is 5.90. The molecule has 8 nitrogen and oxygen atoms in total. The average Bonchev–Trinajstić information content (AvgIpc) is 2.55. The number of hydrogen-bond donors (Lipinski definition) is 7. The lowest BCUT2D eigenvalue weighted by Crippen LogP contribution is -2.62. The molecule has 2 aliphatic heterocycles. The number of ether oxygens (including phenoxy) is 3. The number of aliphatic hydroxyl groups is 5. The Morgan fingerprint density at radius 2 is 1.22 bits per heavy atom. The summed E-state index contributed by atoms with van der Waals surface area (Å²) in [5.41, 5.74) is 0. The van der Waals surface area contributed by atoms with Crippen molar-refractivity contribution < 1.29 is 39.7 Å². The van der Waals surface area contributed by atoms with E-state index in [1.165, 1.54) is 0 Å². The van der Waals surface area contributed by atoms with Crippen LogP contribution in [-0.2, 0) is 14.2 Å². The van der Waals surface area contributed by atoms with Crippen LogP contribution in [0.15, 0.2) is 0 Å². The predicted molar refractivity (Wildman–Crippen MR) is 85.3 cm³/mol. The Labute approximate surface area is 145 Å². The summed E-state index contributed by atoms with van der Waals surface area (Å²) in [5.74, 6) is 0.0502. The standard InChI is InChI=1S/C13H24O8S2/c1-4-5(2-22)19-12(10(17)7(4)14)21-13-11(18)9(16)8(15)6(3-23)20-13/h4-18,22-23H,2-3H2,1H3/t4-,5?,6?,7?,8-,9+,10?,11?,12-,13+/m1/s1. The highest BCUT2D eigenvalue weighted by atomic mass is 32.1. The SMILES string of the molecule is C[C@@H]1C(CS)O[C@H](O[C@@H]2OC(CS)[C@@H](O)[C@H](O)C2O)C(O)C1O. The first-order valence-electron chi connectivity index (χ1n) is 7.40. The molecular formula is C13H24O8S2. The second kappa shape index (κ2) is 8.17. The molecular weight excluding hydrogens is 348 g/mol. The molecule has 2 saturated heterocycles. The number of thiol groups is 2. The normalized spacial score (nSPS) is 51.7. The molecule has 0 aromatic carbocycles. The molecule has 5 N–H and O–H groups in total. The molecule has 2 fully saturated rings. The van der Waals surface area contributed by atoms with E-state index >= 15 is 0 Å². The van der Waals surface area contributed by atoms with Gasteiger partial charge >= 0.3 is 0 Å². The maximum atomic E-state index is 10.1. The van der Waals surface area contributed by atoms with Gasteiger partial charge in [0.15, 0.2) is 12.6 Å². The molecule has 0 amide bonds. The molecule has 2 heterocycles. The summed E-state index contributed by atoms with van der Waals surface area (Å²) in [5, 5.41) is 49.7. The zero-order valence-electron chi connectivity index (χ0n) is 12.5. The van der Waals surface area contributed by atoms with Crippen LogP contribution in [0.25, 0.3) is 0 Å². The largest absolute Gasteiger partial charge is 0.390 e. The number of hydrogen-bond acceptors (Lipinski definition) is 10. The maximum Gasteiger partial charge on any atom is 0.189 e. The molecule has 10 heteroatoms. The molecule has 2 aliphatic rings. The van der Waals surface area contributed by atoms with E-state index in [-0.39, 0.29) is 11.7 Å². The van der Waals surface area contributed by atoms with Gasteiger partial charge in [0.1, 0.15) is 24.4 Å². The van der Waals surface area contributed by atoms with Crippen LogP contribution in [0.5, 0.6) is 0 Å². The van der Waals surface area contributed by atoms with Crippen molar-refractivity contribution in [3.05, 3.63) is 0 Å². The van der Waals surface area contributed by atoms with Crippen LogP contribution in [0.3, 0.4) is 0 Å². The number of aliphatic hydroxyl groups excluding tert-OH is 5. The van der Waals surface area contributed by atoms with Gasteiger partial charge < -0.3 is 39.7 Å². The van der Waals surface area contributed by atoms with Crippen molar-refractivity contribution in [1.29, 1.82) is 0 Å². The molecule has 23 heavy (non-hydrogen) atoms. The van der Waals surface area contributed by atoms with E-state index in [0.29, 0.717) is 5.75 Å². The Balaban J connectivity index is 2.07. The van der Waals surface area contributed by atoms with Crippen molar-refractivity contribution in [3.8, 4) is 0 Å². The maximum absolute atomic E-state index is 10.1. The fraction of sp³-hybridized carbons (Fsp3) is 1.00. The molecule has 136 valence electrons. The van der Waals surface area contributed by atoms with E-state index in [2.05, 4.69) is 25.3 Å². The molecule has 0 radical (unpaired) electrons. The van der Waals surface area contributed by atoms with E-state index in [1.54, 1.807) is 6.92 Å². The molecule has 2 rings (SSSR count).